The molecule has 4 nitrogen and oxygen atoms in total. The van der Waals surface area contributed by atoms with Crippen molar-refractivity contribution in [1.29, 1.82) is 0 Å². The third kappa shape index (κ3) is 6.10. The Labute approximate surface area is 154 Å². The van der Waals surface area contributed by atoms with E-state index in [9.17, 15) is 9.59 Å². The zero-order valence-corrected chi connectivity index (χ0v) is 15.0. The van der Waals surface area contributed by atoms with Gasteiger partial charge in [-0.1, -0.05) is 55.3 Å². The van der Waals surface area contributed by atoms with Gasteiger partial charge in [0.15, 0.2) is 6.10 Å². The van der Waals surface area contributed by atoms with Gasteiger partial charge in [0, 0.05) is 0 Å². The molecule has 0 aliphatic carbocycles. The normalized spacial score (nSPS) is 11.0. The maximum absolute atomic E-state index is 11.9. The second-order valence-electron chi connectivity index (χ2n) is 5.65. The highest BCUT2D eigenvalue weighted by molar-refractivity contribution is 5.79. The first-order valence-electron chi connectivity index (χ1n) is 8.60. The largest absolute Gasteiger partial charge is 0.449 e. The predicted molar refractivity (Wildman–Crippen MR) is 100 cm³/mol. The van der Waals surface area contributed by atoms with E-state index >= 15 is 0 Å². The van der Waals surface area contributed by atoms with Gasteiger partial charge >= 0.3 is 11.9 Å². The Balaban J connectivity index is 1.82. The fourth-order valence-corrected chi connectivity index (χ4v) is 2.33. The van der Waals surface area contributed by atoms with E-state index in [1.165, 1.54) is 0 Å². The Morgan fingerprint density at radius 3 is 2.15 bits per heavy atom. The van der Waals surface area contributed by atoms with Crippen LogP contribution >= 0.6 is 0 Å². The maximum atomic E-state index is 11.9. The van der Waals surface area contributed by atoms with E-state index in [4.69, 9.17) is 9.47 Å². The van der Waals surface area contributed by atoms with Gasteiger partial charge in [0.05, 0.1) is 12.8 Å². The van der Waals surface area contributed by atoms with E-state index in [0.29, 0.717) is 12.2 Å². The molecule has 0 saturated carbocycles. The summed E-state index contributed by atoms with van der Waals surface area (Å²) in [5.41, 5.74) is 2.13. The van der Waals surface area contributed by atoms with Gasteiger partial charge in [-0.15, -0.1) is 5.92 Å². The molecule has 2 aromatic carbocycles. The van der Waals surface area contributed by atoms with Crippen LogP contribution in [0.2, 0.25) is 0 Å². The number of rotatable bonds is 7. The van der Waals surface area contributed by atoms with E-state index < -0.39 is 18.0 Å². The van der Waals surface area contributed by atoms with E-state index in [1.54, 1.807) is 19.1 Å². The lowest BCUT2D eigenvalue weighted by Crippen LogP contribution is -2.17. The summed E-state index contributed by atoms with van der Waals surface area (Å²) in [6, 6.07) is 17.2. The minimum atomic E-state index is -0.468. The summed E-state index contributed by atoms with van der Waals surface area (Å²) in [6.07, 6.45) is 0.136. The summed E-state index contributed by atoms with van der Waals surface area (Å²) >= 11 is 0. The molecule has 0 saturated heterocycles. The molecule has 0 fully saturated rings. The standard InChI is InChI=1S/C22H22O4/c1-3-8-19(4-2)25-21(23)15-16-22(24)26-20-13-11-18(12-14-20)17-9-6-5-7-10-17/h5-7,9-14,19H,4,15-16H2,1-2H3. The second-order valence-corrected chi connectivity index (χ2v) is 5.65. The Bertz CT molecular complexity index is 782. The van der Waals surface area contributed by atoms with Gasteiger partial charge in [-0.05, 0) is 36.6 Å². The summed E-state index contributed by atoms with van der Waals surface area (Å²) < 4.78 is 10.4. The molecule has 0 aliphatic heterocycles. The minimum Gasteiger partial charge on any atom is -0.449 e. The molecule has 0 spiro atoms. The first-order chi connectivity index (χ1) is 12.6. The number of ether oxygens (including phenoxy) is 2. The molecular weight excluding hydrogens is 328 g/mol. The third-order valence-corrected chi connectivity index (χ3v) is 3.68. The zero-order valence-electron chi connectivity index (χ0n) is 15.0. The minimum absolute atomic E-state index is 0.0250. The SMILES string of the molecule is CC#CC(CC)OC(=O)CCC(=O)Oc1ccc(-c2ccccc2)cc1. The van der Waals surface area contributed by atoms with Crippen LogP contribution in [0, 0.1) is 11.8 Å². The van der Waals surface area contributed by atoms with Crippen molar-refractivity contribution >= 4 is 11.9 Å². The zero-order chi connectivity index (χ0) is 18.8. The highest BCUT2D eigenvalue weighted by Gasteiger charge is 2.13. The average Bonchev–Trinajstić information content (AvgIpc) is 2.67. The van der Waals surface area contributed by atoms with Crippen LogP contribution in [-0.2, 0) is 14.3 Å². The van der Waals surface area contributed by atoms with E-state index in [0.717, 1.165) is 11.1 Å². The van der Waals surface area contributed by atoms with Crippen LogP contribution in [0.4, 0.5) is 0 Å². The lowest BCUT2D eigenvalue weighted by molar-refractivity contribution is -0.149. The van der Waals surface area contributed by atoms with Gasteiger partial charge in [-0.3, -0.25) is 9.59 Å². The molecule has 2 aromatic rings. The molecule has 0 aliphatic rings. The molecule has 0 N–H and O–H groups in total. The van der Waals surface area contributed by atoms with Crippen molar-refractivity contribution in [3.05, 3.63) is 54.6 Å². The highest BCUT2D eigenvalue weighted by atomic mass is 16.5. The fraction of sp³-hybridized carbons (Fsp3) is 0.273. The van der Waals surface area contributed by atoms with Crippen LogP contribution in [0.3, 0.4) is 0 Å². The quantitative estimate of drug-likeness (QED) is 0.422. The number of carbonyl (C=O) groups is 2. The molecule has 4 heteroatoms. The summed E-state index contributed by atoms with van der Waals surface area (Å²) in [5.74, 6) is 5.05. The molecule has 0 amide bonds. The maximum Gasteiger partial charge on any atom is 0.311 e. The fourth-order valence-electron chi connectivity index (χ4n) is 2.33. The number of carbonyl (C=O) groups excluding carboxylic acids is 2. The Morgan fingerprint density at radius 1 is 0.923 bits per heavy atom. The van der Waals surface area contributed by atoms with Gasteiger partial charge in [-0.2, -0.15) is 0 Å². The number of hydrogen-bond donors (Lipinski definition) is 0. The summed E-state index contributed by atoms with van der Waals surface area (Å²) in [4.78, 5) is 23.6. The van der Waals surface area contributed by atoms with Crippen LogP contribution in [0.15, 0.2) is 54.6 Å². The van der Waals surface area contributed by atoms with E-state index in [1.807, 2.05) is 49.4 Å². The van der Waals surface area contributed by atoms with E-state index in [-0.39, 0.29) is 12.8 Å². The van der Waals surface area contributed by atoms with Crippen molar-refractivity contribution in [1.82, 2.24) is 0 Å². The molecular formula is C22H22O4. The van der Waals surface area contributed by atoms with Crippen LogP contribution in [0.1, 0.15) is 33.1 Å². The number of benzene rings is 2. The molecule has 0 aromatic heterocycles. The smallest absolute Gasteiger partial charge is 0.311 e. The monoisotopic (exact) mass is 350 g/mol. The Kier molecular flexibility index (Phi) is 7.45. The summed E-state index contributed by atoms with van der Waals surface area (Å²) in [5, 5.41) is 0. The van der Waals surface area contributed by atoms with Crippen LogP contribution in [-0.4, -0.2) is 18.0 Å². The van der Waals surface area contributed by atoms with Crippen LogP contribution in [0.5, 0.6) is 5.75 Å². The second kappa shape index (κ2) is 10.0. The topological polar surface area (TPSA) is 52.6 Å². The summed E-state index contributed by atoms with van der Waals surface area (Å²) in [7, 11) is 0. The first kappa shape index (κ1) is 19.3. The average molecular weight is 350 g/mol. The Morgan fingerprint density at radius 2 is 1.54 bits per heavy atom. The van der Waals surface area contributed by atoms with Gasteiger partial charge < -0.3 is 9.47 Å². The van der Waals surface area contributed by atoms with Crippen molar-refractivity contribution in [2.24, 2.45) is 0 Å². The lowest BCUT2D eigenvalue weighted by atomic mass is 10.1. The molecule has 134 valence electrons. The van der Waals surface area contributed by atoms with Gasteiger partial charge in [0.2, 0.25) is 0 Å². The number of hydrogen-bond acceptors (Lipinski definition) is 4. The highest BCUT2D eigenvalue weighted by Crippen LogP contribution is 2.22. The first-order valence-corrected chi connectivity index (χ1v) is 8.60. The van der Waals surface area contributed by atoms with Gasteiger partial charge in [-0.25, -0.2) is 0 Å². The molecule has 0 heterocycles. The van der Waals surface area contributed by atoms with Crippen LogP contribution in [0.25, 0.3) is 11.1 Å². The molecule has 1 atom stereocenters. The van der Waals surface area contributed by atoms with Gasteiger partial charge in [0.1, 0.15) is 5.75 Å². The molecule has 0 bridgehead atoms. The molecule has 2 rings (SSSR count). The van der Waals surface area contributed by atoms with Crippen molar-refractivity contribution in [3.8, 4) is 28.7 Å². The third-order valence-electron chi connectivity index (χ3n) is 3.68. The van der Waals surface area contributed by atoms with E-state index in [2.05, 4.69) is 11.8 Å². The van der Waals surface area contributed by atoms with Crippen molar-refractivity contribution in [2.45, 2.75) is 39.2 Å². The molecule has 1 unspecified atom stereocenters. The Hall–Kier alpha value is -3.06. The van der Waals surface area contributed by atoms with Crippen LogP contribution < -0.4 is 4.74 Å². The van der Waals surface area contributed by atoms with Crippen molar-refractivity contribution < 1.29 is 19.1 Å². The van der Waals surface area contributed by atoms with Crippen molar-refractivity contribution in [2.75, 3.05) is 0 Å². The van der Waals surface area contributed by atoms with Crippen molar-refractivity contribution in [3.63, 3.8) is 0 Å². The number of esters is 2. The molecule has 0 radical (unpaired) electrons. The van der Waals surface area contributed by atoms with Gasteiger partial charge in [0.25, 0.3) is 0 Å². The molecule has 26 heavy (non-hydrogen) atoms. The summed E-state index contributed by atoms with van der Waals surface area (Å²) in [6.45, 7) is 3.58. The lowest BCUT2D eigenvalue weighted by Gasteiger charge is -2.10. The predicted octanol–water partition coefficient (Wildman–Crippen LogP) is 4.38.